The molecule has 0 radical (unpaired) electrons. The summed E-state index contributed by atoms with van der Waals surface area (Å²) in [7, 11) is 0. The summed E-state index contributed by atoms with van der Waals surface area (Å²) in [6, 6.07) is 0. The number of aliphatic imine (C=N–C) groups is 1. The van der Waals surface area contributed by atoms with Crippen LogP contribution in [0.4, 0.5) is 0 Å². The largest absolute Gasteiger partial charge is 1.00 e. The molecule has 2 aliphatic rings. The Morgan fingerprint density at radius 3 is 2.62 bits per heavy atom. The van der Waals surface area contributed by atoms with Crippen LogP contribution >= 0.6 is 0 Å². The number of carboxylic acids is 1. The molecule has 0 saturated heterocycles. The van der Waals surface area contributed by atoms with Gasteiger partial charge in [0.2, 0.25) is 5.91 Å². The van der Waals surface area contributed by atoms with Crippen LogP contribution in [0.5, 0.6) is 0 Å². The van der Waals surface area contributed by atoms with Gasteiger partial charge in [-0.05, 0) is 5.90 Å². The second-order valence-corrected chi connectivity index (χ2v) is 6.21. The fourth-order valence-corrected chi connectivity index (χ4v) is 2.86. The van der Waals surface area contributed by atoms with Gasteiger partial charge in [-0.1, -0.05) is 24.3 Å². The maximum atomic E-state index is 11.7. The van der Waals surface area contributed by atoms with Crippen LogP contribution in [0.1, 0.15) is 6.42 Å². The first-order valence-corrected chi connectivity index (χ1v) is 8.51. The average Bonchev–Trinajstić information content (AvgIpc) is 3.03. The van der Waals surface area contributed by atoms with Crippen molar-refractivity contribution in [3.63, 3.8) is 0 Å². The van der Waals surface area contributed by atoms with Crippen LogP contribution in [0.25, 0.3) is 0 Å². The molecule has 1 aliphatic heterocycles. The molecular weight excluding hydrogens is 347 g/mol. The standard InChI is InChI=1S/C17H26N4O4.Na/c22-15-11-16(23)19-6-8-21(13-17(24)25)10-9-20(7-5-18-15)12-14-3-1-2-4-14;/h1-4,14H,5-13H2,(H,18,22)(H,19,23)(H,24,25);/q;+1/p-1. The van der Waals surface area contributed by atoms with E-state index in [2.05, 4.69) is 27.4 Å². The van der Waals surface area contributed by atoms with E-state index in [0.29, 0.717) is 45.2 Å². The van der Waals surface area contributed by atoms with E-state index in [0.717, 1.165) is 6.54 Å². The molecule has 0 aromatic rings. The minimum Gasteiger partial charge on any atom is -0.862 e. The molecule has 0 atom stereocenters. The van der Waals surface area contributed by atoms with Crippen molar-refractivity contribution in [3.05, 3.63) is 24.3 Å². The Morgan fingerprint density at radius 2 is 1.92 bits per heavy atom. The molecule has 0 fully saturated rings. The van der Waals surface area contributed by atoms with Crippen molar-refractivity contribution in [2.24, 2.45) is 10.9 Å². The number of hydrogen-bond donors (Lipinski definition) is 2. The summed E-state index contributed by atoms with van der Waals surface area (Å²) in [5, 5.41) is 23.4. The third-order valence-electron chi connectivity index (χ3n) is 4.15. The van der Waals surface area contributed by atoms with Crippen LogP contribution < -0.4 is 40.0 Å². The number of hydrogen-bond acceptors (Lipinski definition) is 6. The van der Waals surface area contributed by atoms with Crippen LogP contribution in [-0.2, 0) is 9.59 Å². The quantitative estimate of drug-likeness (QED) is 0.484. The van der Waals surface area contributed by atoms with Gasteiger partial charge in [0.1, 0.15) is 0 Å². The number of amides is 1. The number of allylic oxidation sites excluding steroid dienone is 2. The molecule has 1 amide bonds. The Hall–Kier alpha value is -1.19. The van der Waals surface area contributed by atoms with Crippen molar-refractivity contribution in [3.8, 4) is 0 Å². The zero-order valence-electron chi connectivity index (χ0n) is 15.3. The molecule has 0 bridgehead atoms. The first-order valence-electron chi connectivity index (χ1n) is 8.51. The normalized spacial score (nSPS) is 21.1. The minimum absolute atomic E-state index is 0. The average molecular weight is 372 g/mol. The number of nitrogens with zero attached hydrogens (tertiary/aromatic N) is 3. The Morgan fingerprint density at radius 1 is 1.23 bits per heavy atom. The maximum Gasteiger partial charge on any atom is 1.00 e. The molecule has 2 rings (SSSR count). The Bertz CT molecular complexity index is 553. The zero-order valence-corrected chi connectivity index (χ0v) is 17.3. The van der Waals surface area contributed by atoms with Crippen LogP contribution in [0.15, 0.2) is 29.3 Å². The molecule has 1 aliphatic carbocycles. The van der Waals surface area contributed by atoms with Crippen LogP contribution in [0.2, 0.25) is 0 Å². The summed E-state index contributed by atoms with van der Waals surface area (Å²) in [4.78, 5) is 30.6. The maximum absolute atomic E-state index is 11.7. The molecule has 0 aromatic carbocycles. The van der Waals surface area contributed by atoms with Gasteiger partial charge in [-0.15, -0.1) is 0 Å². The molecule has 1 heterocycles. The predicted octanol–water partition coefficient (Wildman–Crippen LogP) is -4.30. The van der Waals surface area contributed by atoms with Gasteiger partial charge in [0.15, 0.2) is 0 Å². The van der Waals surface area contributed by atoms with Gasteiger partial charge >= 0.3 is 35.5 Å². The Balaban J connectivity index is 0.00000338. The summed E-state index contributed by atoms with van der Waals surface area (Å²) in [6.45, 7) is 3.68. The molecule has 0 saturated carbocycles. The van der Waals surface area contributed by atoms with Crippen molar-refractivity contribution in [2.45, 2.75) is 6.42 Å². The number of nitrogens with one attached hydrogen (secondary N) is 1. The van der Waals surface area contributed by atoms with Crippen LogP contribution in [0.3, 0.4) is 0 Å². The fraction of sp³-hybridized carbons (Fsp3) is 0.588. The van der Waals surface area contributed by atoms with E-state index < -0.39 is 11.9 Å². The summed E-state index contributed by atoms with van der Waals surface area (Å²) in [5.74, 6) is -1.36. The summed E-state index contributed by atoms with van der Waals surface area (Å²) < 4.78 is 0. The molecule has 0 unspecified atom stereocenters. The number of carbonyl (C=O) groups excluding carboxylic acids is 1. The van der Waals surface area contributed by atoms with Crippen molar-refractivity contribution in [1.82, 2.24) is 15.1 Å². The molecule has 2 N–H and O–H groups in total. The van der Waals surface area contributed by atoms with Gasteiger partial charge in [0.25, 0.3) is 0 Å². The number of carboxylic acid groups (broad SMARTS) is 1. The van der Waals surface area contributed by atoms with Crippen LogP contribution in [0, 0.1) is 5.92 Å². The van der Waals surface area contributed by atoms with E-state index in [4.69, 9.17) is 5.11 Å². The molecule has 0 aromatic heterocycles. The van der Waals surface area contributed by atoms with E-state index in [9.17, 15) is 14.7 Å². The topological polar surface area (TPSA) is 108 Å². The smallest absolute Gasteiger partial charge is 0.862 e. The van der Waals surface area contributed by atoms with E-state index in [1.54, 1.807) is 4.90 Å². The van der Waals surface area contributed by atoms with Gasteiger partial charge < -0.3 is 20.5 Å². The van der Waals surface area contributed by atoms with Gasteiger partial charge in [-0.2, -0.15) is 0 Å². The van der Waals surface area contributed by atoms with E-state index in [-0.39, 0.29) is 48.4 Å². The number of rotatable bonds is 4. The number of aliphatic carboxylic acids is 1. The van der Waals surface area contributed by atoms with Crippen molar-refractivity contribution in [2.75, 3.05) is 52.4 Å². The summed E-state index contributed by atoms with van der Waals surface area (Å²) >= 11 is 0. The monoisotopic (exact) mass is 372 g/mol. The second kappa shape index (κ2) is 12.2. The van der Waals surface area contributed by atoms with Gasteiger partial charge in [-0.3, -0.25) is 19.4 Å². The van der Waals surface area contributed by atoms with E-state index in [1.165, 1.54) is 0 Å². The third kappa shape index (κ3) is 8.95. The molecule has 9 heteroatoms. The van der Waals surface area contributed by atoms with Crippen molar-refractivity contribution in [1.29, 1.82) is 0 Å². The zero-order chi connectivity index (χ0) is 18.1. The minimum atomic E-state index is -0.894. The van der Waals surface area contributed by atoms with Gasteiger partial charge in [0.05, 0.1) is 19.5 Å². The van der Waals surface area contributed by atoms with E-state index in [1.807, 2.05) is 12.2 Å². The molecule has 0 spiro atoms. The first kappa shape index (κ1) is 22.9. The summed E-state index contributed by atoms with van der Waals surface area (Å²) in [5.41, 5.74) is 0. The third-order valence-corrected chi connectivity index (χ3v) is 4.15. The molecule has 8 nitrogen and oxygen atoms in total. The SMILES string of the molecule is O=C(O)CN1CCNC(=O)CC([O-])=NCCN(CC2C=CC=C2)CC1.[Na+]. The first-order chi connectivity index (χ1) is 12.0. The van der Waals surface area contributed by atoms with Gasteiger partial charge in [0, 0.05) is 45.2 Å². The predicted molar refractivity (Wildman–Crippen MR) is 92.2 cm³/mol. The van der Waals surface area contributed by atoms with Crippen molar-refractivity contribution >= 4 is 17.8 Å². The molecule has 26 heavy (non-hydrogen) atoms. The molecule has 138 valence electrons. The second-order valence-electron chi connectivity index (χ2n) is 6.21. The molecular formula is C17H25N4NaO4. The van der Waals surface area contributed by atoms with Crippen LogP contribution in [-0.4, -0.2) is 85.0 Å². The van der Waals surface area contributed by atoms with E-state index >= 15 is 0 Å². The number of carbonyl (C=O) groups is 2. The fourth-order valence-electron chi connectivity index (χ4n) is 2.86. The van der Waals surface area contributed by atoms with Gasteiger partial charge in [-0.25, -0.2) is 0 Å². The summed E-state index contributed by atoms with van der Waals surface area (Å²) in [6.07, 6.45) is 7.98. The Labute approximate surface area is 175 Å². The van der Waals surface area contributed by atoms with Crippen molar-refractivity contribution < 1.29 is 49.4 Å². The Kier molecular flexibility index (Phi) is 10.8.